The molecule has 5 heteroatoms. The lowest BCUT2D eigenvalue weighted by molar-refractivity contribution is 0.342. The van der Waals surface area contributed by atoms with Gasteiger partial charge in [-0.1, -0.05) is 0 Å². The van der Waals surface area contributed by atoms with Crippen LogP contribution in [-0.2, 0) is 0 Å². The highest BCUT2D eigenvalue weighted by Gasteiger charge is 2.17. The summed E-state index contributed by atoms with van der Waals surface area (Å²) in [6.07, 6.45) is 6.23. The van der Waals surface area contributed by atoms with E-state index in [0.29, 0.717) is 11.9 Å². The van der Waals surface area contributed by atoms with Gasteiger partial charge in [-0.3, -0.25) is 4.68 Å². The van der Waals surface area contributed by atoms with Crippen molar-refractivity contribution in [2.45, 2.75) is 25.8 Å². The van der Waals surface area contributed by atoms with Crippen molar-refractivity contribution in [3.63, 3.8) is 0 Å². The molecule has 1 aliphatic heterocycles. The number of nitrogen functional groups attached to an aromatic ring is 1. The van der Waals surface area contributed by atoms with Gasteiger partial charge in [0.25, 0.3) is 0 Å². The Hall–Kier alpha value is -1.88. The Balaban J connectivity index is 1.90. The average Bonchev–Trinajstić information content (AvgIpc) is 2.83. The molecule has 2 aromatic rings. The molecule has 1 fully saturated rings. The minimum atomic E-state index is 0.510. The second-order valence-electron chi connectivity index (χ2n) is 5.06. The van der Waals surface area contributed by atoms with Crippen LogP contribution in [0.1, 0.15) is 24.6 Å². The topological polar surface area (TPSA) is 68.8 Å². The van der Waals surface area contributed by atoms with Gasteiger partial charge in [0.2, 0.25) is 0 Å². The molecule has 1 aliphatic rings. The minimum Gasteiger partial charge on any atom is -0.384 e. The first-order chi connectivity index (χ1) is 9.24. The third-order valence-electron chi connectivity index (χ3n) is 3.70. The number of nitrogens with zero attached hydrogens (tertiary/aromatic N) is 3. The molecule has 19 heavy (non-hydrogen) atoms. The Bertz CT molecular complexity index is 552. The lowest BCUT2D eigenvalue weighted by atomic mass is 10.1. The number of hydrogen-bond donors (Lipinski definition) is 2. The van der Waals surface area contributed by atoms with Crippen molar-refractivity contribution in [3.8, 4) is 11.1 Å². The van der Waals surface area contributed by atoms with Crippen LogP contribution in [0.2, 0.25) is 0 Å². The zero-order valence-corrected chi connectivity index (χ0v) is 11.1. The van der Waals surface area contributed by atoms with Crippen molar-refractivity contribution in [1.82, 2.24) is 20.1 Å². The predicted molar refractivity (Wildman–Crippen MR) is 75.7 cm³/mol. The Morgan fingerprint density at radius 1 is 1.32 bits per heavy atom. The summed E-state index contributed by atoms with van der Waals surface area (Å²) in [4.78, 5) is 4.15. The second-order valence-corrected chi connectivity index (χ2v) is 5.06. The first-order valence-electron chi connectivity index (χ1n) is 6.72. The molecule has 0 unspecified atom stereocenters. The normalized spacial score (nSPS) is 16.7. The van der Waals surface area contributed by atoms with Crippen LogP contribution in [0, 0.1) is 6.92 Å². The van der Waals surface area contributed by atoms with Crippen LogP contribution in [0.25, 0.3) is 11.1 Å². The van der Waals surface area contributed by atoms with Crippen molar-refractivity contribution < 1.29 is 0 Å². The van der Waals surface area contributed by atoms with Crippen molar-refractivity contribution in [3.05, 3.63) is 30.2 Å². The van der Waals surface area contributed by atoms with E-state index in [1.165, 1.54) is 0 Å². The molecule has 3 rings (SSSR count). The van der Waals surface area contributed by atoms with E-state index in [1.54, 1.807) is 0 Å². The quantitative estimate of drug-likeness (QED) is 0.860. The van der Waals surface area contributed by atoms with Gasteiger partial charge in [-0.05, 0) is 45.0 Å². The number of nitrogens with one attached hydrogen (secondary N) is 1. The van der Waals surface area contributed by atoms with Crippen LogP contribution in [0.5, 0.6) is 0 Å². The minimum absolute atomic E-state index is 0.510. The summed E-state index contributed by atoms with van der Waals surface area (Å²) in [6.45, 7) is 4.19. The van der Waals surface area contributed by atoms with Crippen LogP contribution >= 0.6 is 0 Å². The molecule has 0 amide bonds. The molecule has 0 radical (unpaired) electrons. The molecule has 0 aromatic carbocycles. The first kappa shape index (κ1) is 12.2. The zero-order valence-electron chi connectivity index (χ0n) is 11.1. The van der Waals surface area contributed by atoms with E-state index in [4.69, 9.17) is 5.73 Å². The van der Waals surface area contributed by atoms with Gasteiger partial charge in [0, 0.05) is 23.5 Å². The molecular weight excluding hydrogens is 238 g/mol. The Labute approximate surface area is 112 Å². The highest BCUT2D eigenvalue weighted by atomic mass is 15.3. The number of hydrogen-bond acceptors (Lipinski definition) is 4. The van der Waals surface area contributed by atoms with E-state index in [1.807, 2.05) is 25.3 Å². The van der Waals surface area contributed by atoms with Crippen LogP contribution in [0.4, 0.5) is 5.82 Å². The largest absolute Gasteiger partial charge is 0.384 e. The van der Waals surface area contributed by atoms with E-state index in [0.717, 1.165) is 42.8 Å². The molecule has 100 valence electrons. The molecule has 2 aromatic heterocycles. The zero-order chi connectivity index (χ0) is 13.2. The average molecular weight is 257 g/mol. The fourth-order valence-corrected chi connectivity index (χ4v) is 2.59. The monoisotopic (exact) mass is 257 g/mol. The van der Waals surface area contributed by atoms with E-state index in [-0.39, 0.29) is 0 Å². The van der Waals surface area contributed by atoms with Crippen LogP contribution in [0.15, 0.2) is 24.5 Å². The van der Waals surface area contributed by atoms with E-state index in [2.05, 4.69) is 26.3 Å². The van der Waals surface area contributed by atoms with Crippen LogP contribution in [-0.4, -0.2) is 27.9 Å². The summed E-state index contributed by atoms with van der Waals surface area (Å²) in [5, 5.41) is 8.04. The lowest BCUT2D eigenvalue weighted by Gasteiger charge is -2.22. The van der Waals surface area contributed by atoms with Crippen molar-refractivity contribution in [2.75, 3.05) is 18.8 Å². The molecule has 0 spiro atoms. The van der Waals surface area contributed by atoms with E-state index >= 15 is 0 Å². The number of nitrogens with two attached hydrogens (primary N) is 1. The summed E-state index contributed by atoms with van der Waals surface area (Å²) < 4.78 is 2.11. The standard InChI is InChI=1S/C14H19N5/c1-10-13(11-2-3-14(15)17-8-11)9-19(18-10)12-4-6-16-7-5-12/h2-3,8-9,12,16H,4-7H2,1H3,(H2,15,17). The van der Waals surface area contributed by atoms with Gasteiger partial charge < -0.3 is 11.1 Å². The molecule has 0 saturated carbocycles. The summed E-state index contributed by atoms with van der Waals surface area (Å²) in [5.74, 6) is 0.548. The van der Waals surface area contributed by atoms with Crippen molar-refractivity contribution in [1.29, 1.82) is 0 Å². The van der Waals surface area contributed by atoms with Crippen LogP contribution in [0.3, 0.4) is 0 Å². The molecule has 3 N–H and O–H groups in total. The highest BCUT2D eigenvalue weighted by Crippen LogP contribution is 2.26. The van der Waals surface area contributed by atoms with Gasteiger partial charge in [0.1, 0.15) is 5.82 Å². The number of anilines is 1. The maximum absolute atomic E-state index is 5.63. The first-order valence-corrected chi connectivity index (χ1v) is 6.72. The summed E-state index contributed by atoms with van der Waals surface area (Å²) >= 11 is 0. The van der Waals surface area contributed by atoms with Gasteiger partial charge in [-0.2, -0.15) is 5.10 Å². The lowest BCUT2D eigenvalue weighted by Crippen LogP contribution is -2.29. The van der Waals surface area contributed by atoms with Gasteiger partial charge in [-0.25, -0.2) is 4.98 Å². The molecule has 3 heterocycles. The Kier molecular flexibility index (Phi) is 3.21. The Morgan fingerprint density at radius 2 is 2.11 bits per heavy atom. The smallest absolute Gasteiger partial charge is 0.123 e. The summed E-state index contributed by atoms with van der Waals surface area (Å²) in [7, 11) is 0. The summed E-state index contributed by atoms with van der Waals surface area (Å²) in [5.41, 5.74) is 8.89. The third kappa shape index (κ3) is 2.46. The van der Waals surface area contributed by atoms with E-state index in [9.17, 15) is 0 Å². The fraction of sp³-hybridized carbons (Fsp3) is 0.429. The maximum Gasteiger partial charge on any atom is 0.123 e. The number of piperidine rings is 1. The molecule has 0 aliphatic carbocycles. The molecular formula is C14H19N5. The third-order valence-corrected chi connectivity index (χ3v) is 3.70. The van der Waals surface area contributed by atoms with E-state index < -0.39 is 0 Å². The van der Waals surface area contributed by atoms with Gasteiger partial charge in [0.15, 0.2) is 0 Å². The second kappa shape index (κ2) is 5.01. The van der Waals surface area contributed by atoms with Gasteiger partial charge in [-0.15, -0.1) is 0 Å². The molecule has 1 saturated heterocycles. The Morgan fingerprint density at radius 3 is 2.79 bits per heavy atom. The molecule has 5 nitrogen and oxygen atoms in total. The van der Waals surface area contributed by atoms with Gasteiger partial charge >= 0.3 is 0 Å². The van der Waals surface area contributed by atoms with Crippen molar-refractivity contribution >= 4 is 5.82 Å². The number of rotatable bonds is 2. The number of pyridine rings is 1. The summed E-state index contributed by atoms with van der Waals surface area (Å²) in [6, 6.07) is 4.34. The van der Waals surface area contributed by atoms with Crippen LogP contribution < -0.4 is 11.1 Å². The molecule has 0 atom stereocenters. The molecule has 0 bridgehead atoms. The number of aryl methyl sites for hydroxylation is 1. The number of aromatic nitrogens is 3. The van der Waals surface area contributed by atoms with Crippen molar-refractivity contribution in [2.24, 2.45) is 0 Å². The van der Waals surface area contributed by atoms with Gasteiger partial charge in [0.05, 0.1) is 11.7 Å². The SMILES string of the molecule is Cc1nn(C2CCNCC2)cc1-c1ccc(N)nc1. The maximum atomic E-state index is 5.63. The highest BCUT2D eigenvalue weighted by molar-refractivity contribution is 5.65. The fourth-order valence-electron chi connectivity index (χ4n) is 2.59. The predicted octanol–water partition coefficient (Wildman–Crippen LogP) is 1.76.